The van der Waals surface area contributed by atoms with Crippen LogP contribution in [0.25, 0.3) is 10.9 Å². The predicted molar refractivity (Wildman–Crippen MR) is 103 cm³/mol. The zero-order valence-corrected chi connectivity index (χ0v) is 14.9. The lowest BCUT2D eigenvalue weighted by atomic mass is 9.91. The van der Waals surface area contributed by atoms with Crippen LogP contribution >= 0.6 is 0 Å². The van der Waals surface area contributed by atoms with Crippen LogP contribution in [0.2, 0.25) is 0 Å². The molecular formula is C21H21FN4O. The molecule has 1 atom stereocenters. The number of nitrogens with two attached hydrogens (primary N) is 1. The standard InChI is InChI=1S/C21H21FN4O/c22-15-8-3-7-14(11-15)18(13-5-1-2-6-13)26-21-17-10-4-9-16(20(23)27)19(17)24-12-25-21/h3-4,7-13,18H,1-2,5-6H2,(H2,23,27)(H,24,25,26)/t18-/m1/s1. The Morgan fingerprint density at radius 1 is 1.15 bits per heavy atom. The molecule has 0 spiro atoms. The molecule has 1 aliphatic carbocycles. The summed E-state index contributed by atoms with van der Waals surface area (Å²) in [6.07, 6.45) is 5.95. The molecule has 1 aliphatic rings. The number of aromatic nitrogens is 2. The molecule has 1 aromatic heterocycles. The third kappa shape index (κ3) is 3.47. The highest BCUT2D eigenvalue weighted by atomic mass is 19.1. The SMILES string of the molecule is NC(=O)c1cccc2c(N[C@@H](c3cccc(F)c3)C3CCCC3)ncnc12. The molecule has 27 heavy (non-hydrogen) atoms. The van der Waals surface area contributed by atoms with Gasteiger partial charge in [-0.05, 0) is 48.6 Å². The number of nitrogens with zero attached hydrogens (tertiary/aromatic N) is 2. The number of carbonyl (C=O) groups is 1. The number of benzene rings is 2. The highest BCUT2D eigenvalue weighted by Crippen LogP contribution is 2.38. The lowest BCUT2D eigenvalue weighted by molar-refractivity contribution is 0.100. The number of primary amides is 1. The minimum absolute atomic E-state index is 0.0569. The molecule has 1 fully saturated rings. The third-order valence-electron chi connectivity index (χ3n) is 5.30. The average Bonchev–Trinajstić information content (AvgIpc) is 3.20. The number of hydrogen-bond donors (Lipinski definition) is 2. The average molecular weight is 364 g/mol. The van der Waals surface area contributed by atoms with E-state index in [1.807, 2.05) is 12.1 Å². The van der Waals surface area contributed by atoms with Gasteiger partial charge in [-0.1, -0.05) is 31.0 Å². The molecule has 0 bridgehead atoms. The lowest BCUT2D eigenvalue weighted by Crippen LogP contribution is -2.20. The number of amides is 1. The maximum atomic E-state index is 13.8. The Morgan fingerprint density at radius 3 is 2.67 bits per heavy atom. The van der Waals surface area contributed by atoms with E-state index in [0.29, 0.717) is 22.8 Å². The molecule has 0 aliphatic heterocycles. The molecule has 4 rings (SSSR count). The second-order valence-electron chi connectivity index (χ2n) is 7.01. The topological polar surface area (TPSA) is 80.9 Å². The molecular weight excluding hydrogens is 343 g/mol. The monoisotopic (exact) mass is 364 g/mol. The van der Waals surface area contributed by atoms with E-state index in [2.05, 4.69) is 15.3 Å². The van der Waals surface area contributed by atoms with E-state index >= 15 is 0 Å². The van der Waals surface area contributed by atoms with Crippen LogP contribution in [0, 0.1) is 11.7 Å². The number of halogens is 1. The van der Waals surface area contributed by atoms with Gasteiger partial charge in [0, 0.05) is 5.39 Å². The molecule has 1 heterocycles. The van der Waals surface area contributed by atoms with E-state index < -0.39 is 5.91 Å². The number of carbonyl (C=O) groups excluding carboxylic acids is 1. The number of hydrogen-bond acceptors (Lipinski definition) is 4. The minimum Gasteiger partial charge on any atom is -0.366 e. The summed E-state index contributed by atoms with van der Waals surface area (Å²) in [5.41, 5.74) is 7.26. The van der Waals surface area contributed by atoms with E-state index in [9.17, 15) is 9.18 Å². The fourth-order valence-corrected chi connectivity index (χ4v) is 4.01. The fraction of sp³-hybridized carbons (Fsp3) is 0.286. The number of anilines is 1. The summed E-state index contributed by atoms with van der Waals surface area (Å²) >= 11 is 0. The molecule has 138 valence electrons. The zero-order chi connectivity index (χ0) is 18.8. The smallest absolute Gasteiger partial charge is 0.250 e. The van der Waals surface area contributed by atoms with Gasteiger partial charge in [-0.15, -0.1) is 0 Å². The van der Waals surface area contributed by atoms with Crippen molar-refractivity contribution in [2.45, 2.75) is 31.7 Å². The van der Waals surface area contributed by atoms with Crippen molar-refractivity contribution in [2.24, 2.45) is 11.7 Å². The van der Waals surface area contributed by atoms with Crippen molar-refractivity contribution >= 4 is 22.6 Å². The van der Waals surface area contributed by atoms with E-state index in [1.165, 1.54) is 25.2 Å². The molecule has 2 aromatic carbocycles. The first-order valence-corrected chi connectivity index (χ1v) is 9.19. The van der Waals surface area contributed by atoms with Gasteiger partial charge in [0.15, 0.2) is 0 Å². The van der Waals surface area contributed by atoms with Crippen LogP contribution in [0.3, 0.4) is 0 Å². The van der Waals surface area contributed by atoms with E-state index in [-0.39, 0.29) is 11.9 Å². The van der Waals surface area contributed by atoms with Crippen molar-refractivity contribution in [1.29, 1.82) is 0 Å². The molecule has 0 saturated heterocycles. The van der Waals surface area contributed by atoms with E-state index in [0.717, 1.165) is 23.8 Å². The molecule has 6 heteroatoms. The van der Waals surface area contributed by atoms with Crippen molar-refractivity contribution < 1.29 is 9.18 Å². The summed E-state index contributed by atoms with van der Waals surface area (Å²) < 4.78 is 13.8. The summed E-state index contributed by atoms with van der Waals surface area (Å²) in [6, 6.07) is 11.9. The predicted octanol–water partition coefficient (Wildman–Crippen LogP) is 4.21. The van der Waals surface area contributed by atoms with Gasteiger partial charge in [0.25, 0.3) is 5.91 Å². The summed E-state index contributed by atoms with van der Waals surface area (Å²) in [6.45, 7) is 0. The molecule has 1 saturated carbocycles. The van der Waals surface area contributed by atoms with Crippen molar-refractivity contribution in [3.05, 3.63) is 65.7 Å². The van der Waals surface area contributed by atoms with Crippen LogP contribution in [-0.2, 0) is 0 Å². The largest absolute Gasteiger partial charge is 0.366 e. The first-order chi connectivity index (χ1) is 13.1. The minimum atomic E-state index is -0.525. The van der Waals surface area contributed by atoms with Gasteiger partial charge in [0.1, 0.15) is 18.0 Å². The van der Waals surface area contributed by atoms with Gasteiger partial charge in [0.2, 0.25) is 0 Å². The van der Waals surface area contributed by atoms with Gasteiger partial charge in [-0.2, -0.15) is 0 Å². The highest BCUT2D eigenvalue weighted by molar-refractivity contribution is 6.06. The second kappa shape index (κ2) is 7.31. The molecule has 1 amide bonds. The Morgan fingerprint density at radius 2 is 1.93 bits per heavy atom. The van der Waals surface area contributed by atoms with Crippen LogP contribution in [0.15, 0.2) is 48.8 Å². The van der Waals surface area contributed by atoms with E-state index in [4.69, 9.17) is 5.73 Å². The molecule has 3 N–H and O–H groups in total. The second-order valence-corrected chi connectivity index (χ2v) is 7.01. The molecule has 0 unspecified atom stereocenters. The maximum absolute atomic E-state index is 13.8. The van der Waals surface area contributed by atoms with Crippen molar-refractivity contribution in [2.75, 3.05) is 5.32 Å². The Labute approximate surface area is 156 Å². The van der Waals surface area contributed by atoms with Gasteiger partial charge in [-0.25, -0.2) is 14.4 Å². The van der Waals surface area contributed by atoms with Crippen LogP contribution < -0.4 is 11.1 Å². The van der Waals surface area contributed by atoms with Crippen molar-refractivity contribution in [3.8, 4) is 0 Å². The summed E-state index contributed by atoms with van der Waals surface area (Å²) in [5, 5.41) is 4.23. The maximum Gasteiger partial charge on any atom is 0.250 e. The summed E-state index contributed by atoms with van der Waals surface area (Å²) in [4.78, 5) is 20.4. The third-order valence-corrected chi connectivity index (χ3v) is 5.30. The first kappa shape index (κ1) is 17.4. The Bertz CT molecular complexity index is 985. The lowest BCUT2D eigenvalue weighted by Gasteiger charge is -2.26. The van der Waals surface area contributed by atoms with Crippen LogP contribution in [0.1, 0.15) is 47.6 Å². The van der Waals surface area contributed by atoms with Gasteiger partial charge >= 0.3 is 0 Å². The molecule has 0 radical (unpaired) electrons. The normalized spacial score (nSPS) is 15.7. The Balaban J connectivity index is 1.77. The molecule has 5 nitrogen and oxygen atoms in total. The number of rotatable bonds is 5. The Hall–Kier alpha value is -3.02. The fourth-order valence-electron chi connectivity index (χ4n) is 4.01. The highest BCUT2D eigenvalue weighted by Gasteiger charge is 2.27. The van der Waals surface area contributed by atoms with Crippen molar-refractivity contribution in [3.63, 3.8) is 0 Å². The van der Waals surface area contributed by atoms with Gasteiger partial charge in [-0.3, -0.25) is 4.79 Å². The van der Waals surface area contributed by atoms with Gasteiger partial charge < -0.3 is 11.1 Å². The zero-order valence-electron chi connectivity index (χ0n) is 14.9. The summed E-state index contributed by atoms with van der Waals surface area (Å²) in [5.74, 6) is 0.254. The quantitative estimate of drug-likeness (QED) is 0.710. The Kier molecular flexibility index (Phi) is 4.71. The molecule has 3 aromatic rings. The number of fused-ring (bicyclic) bond motifs is 1. The summed E-state index contributed by atoms with van der Waals surface area (Å²) in [7, 11) is 0. The number of nitrogens with one attached hydrogen (secondary N) is 1. The van der Waals surface area contributed by atoms with Crippen LogP contribution in [0.5, 0.6) is 0 Å². The van der Waals surface area contributed by atoms with Crippen LogP contribution in [0.4, 0.5) is 10.2 Å². The van der Waals surface area contributed by atoms with Crippen molar-refractivity contribution in [1.82, 2.24) is 9.97 Å². The number of para-hydroxylation sites is 1. The van der Waals surface area contributed by atoms with E-state index in [1.54, 1.807) is 24.3 Å². The van der Waals surface area contributed by atoms with Gasteiger partial charge in [0.05, 0.1) is 17.1 Å². The van der Waals surface area contributed by atoms with Crippen LogP contribution in [-0.4, -0.2) is 15.9 Å². The first-order valence-electron chi connectivity index (χ1n) is 9.19.